The number of sulfonamides is 1. The van der Waals surface area contributed by atoms with Crippen molar-refractivity contribution in [2.24, 2.45) is 0 Å². The Morgan fingerprint density at radius 3 is 2.35 bits per heavy atom. The van der Waals surface area contributed by atoms with Crippen LogP contribution in [0.5, 0.6) is 0 Å². The van der Waals surface area contributed by atoms with Crippen LogP contribution in [-0.2, 0) is 14.8 Å². The van der Waals surface area contributed by atoms with Crippen molar-refractivity contribution in [2.45, 2.75) is 44.0 Å². The SMILES string of the molecule is CCC(=O)Nc1ccc(C(C)NC(=O)c2ccc(F)c(S(=O)(=O)N3CCCC3)c2)cc1. The van der Waals surface area contributed by atoms with Gasteiger partial charge < -0.3 is 10.6 Å². The van der Waals surface area contributed by atoms with Gasteiger partial charge in [0, 0.05) is 30.8 Å². The Morgan fingerprint density at radius 2 is 1.74 bits per heavy atom. The van der Waals surface area contributed by atoms with Crippen LogP contribution in [0.4, 0.5) is 10.1 Å². The second kappa shape index (κ2) is 9.57. The maximum Gasteiger partial charge on any atom is 0.251 e. The van der Waals surface area contributed by atoms with Gasteiger partial charge in [-0.2, -0.15) is 4.31 Å². The number of carbonyl (C=O) groups excluding carboxylic acids is 2. The Balaban J connectivity index is 1.73. The highest BCUT2D eigenvalue weighted by atomic mass is 32.2. The summed E-state index contributed by atoms with van der Waals surface area (Å²) in [4.78, 5) is 23.7. The van der Waals surface area contributed by atoms with Gasteiger partial charge in [0.25, 0.3) is 5.91 Å². The van der Waals surface area contributed by atoms with Crippen LogP contribution in [0, 0.1) is 5.82 Å². The number of halogens is 1. The quantitative estimate of drug-likeness (QED) is 0.680. The number of nitrogens with zero attached hydrogens (tertiary/aromatic N) is 1. The van der Waals surface area contributed by atoms with E-state index in [2.05, 4.69) is 10.6 Å². The monoisotopic (exact) mass is 447 g/mol. The average molecular weight is 448 g/mol. The first-order valence-electron chi connectivity index (χ1n) is 10.2. The zero-order chi connectivity index (χ0) is 22.6. The van der Waals surface area contributed by atoms with E-state index in [-0.39, 0.29) is 17.5 Å². The van der Waals surface area contributed by atoms with Crippen molar-refractivity contribution >= 4 is 27.5 Å². The molecule has 0 radical (unpaired) electrons. The van der Waals surface area contributed by atoms with Gasteiger partial charge in [-0.25, -0.2) is 12.8 Å². The van der Waals surface area contributed by atoms with Crippen molar-refractivity contribution in [1.29, 1.82) is 0 Å². The third kappa shape index (κ3) is 5.29. The first-order valence-corrected chi connectivity index (χ1v) is 11.7. The van der Waals surface area contributed by atoms with E-state index in [0.717, 1.165) is 30.5 Å². The molecule has 7 nitrogen and oxygen atoms in total. The molecule has 0 bridgehead atoms. The summed E-state index contributed by atoms with van der Waals surface area (Å²) >= 11 is 0. The molecule has 1 heterocycles. The Kier molecular flexibility index (Phi) is 7.07. The van der Waals surface area contributed by atoms with Crippen molar-refractivity contribution in [3.05, 3.63) is 59.4 Å². The van der Waals surface area contributed by atoms with Gasteiger partial charge in [0.15, 0.2) is 0 Å². The molecule has 2 amide bonds. The molecule has 1 fully saturated rings. The predicted octanol–water partition coefficient (Wildman–Crippen LogP) is 3.45. The topological polar surface area (TPSA) is 95.6 Å². The fraction of sp³-hybridized carbons (Fsp3) is 0.364. The first kappa shape index (κ1) is 22.9. The standard InChI is InChI=1S/C22H26FN3O4S/c1-3-21(27)25-18-9-6-16(7-10-18)15(2)24-22(28)17-8-11-19(23)20(14-17)31(29,30)26-12-4-5-13-26/h6-11,14-15H,3-5,12-13H2,1-2H3,(H,24,28)(H,25,27). The van der Waals surface area contributed by atoms with Crippen LogP contribution in [0.3, 0.4) is 0 Å². The molecule has 0 aromatic heterocycles. The molecular weight excluding hydrogens is 421 g/mol. The second-order valence-electron chi connectivity index (χ2n) is 7.48. The number of rotatable bonds is 7. The maximum atomic E-state index is 14.3. The summed E-state index contributed by atoms with van der Waals surface area (Å²) in [5.41, 5.74) is 1.53. The Morgan fingerprint density at radius 1 is 1.10 bits per heavy atom. The van der Waals surface area contributed by atoms with Crippen LogP contribution in [0.25, 0.3) is 0 Å². The molecule has 0 spiro atoms. The zero-order valence-corrected chi connectivity index (χ0v) is 18.3. The molecule has 1 unspecified atom stereocenters. The molecule has 0 saturated carbocycles. The number of amides is 2. The highest BCUT2D eigenvalue weighted by Gasteiger charge is 2.30. The van der Waals surface area contributed by atoms with Gasteiger partial charge in [0.05, 0.1) is 6.04 Å². The molecule has 1 aliphatic heterocycles. The summed E-state index contributed by atoms with van der Waals surface area (Å²) in [6, 6.07) is 10.0. The number of nitrogens with one attached hydrogen (secondary N) is 2. The van der Waals surface area contributed by atoms with E-state index in [9.17, 15) is 22.4 Å². The van der Waals surface area contributed by atoms with Crippen LogP contribution < -0.4 is 10.6 Å². The molecule has 3 rings (SSSR count). The van der Waals surface area contributed by atoms with E-state index < -0.39 is 26.6 Å². The summed E-state index contributed by atoms with van der Waals surface area (Å²) in [7, 11) is -3.98. The van der Waals surface area contributed by atoms with Gasteiger partial charge in [-0.15, -0.1) is 0 Å². The number of hydrogen-bond donors (Lipinski definition) is 2. The van der Waals surface area contributed by atoms with Crippen LogP contribution in [-0.4, -0.2) is 37.6 Å². The molecule has 2 aromatic carbocycles. The molecule has 2 aromatic rings. The van der Waals surface area contributed by atoms with E-state index in [4.69, 9.17) is 0 Å². The molecule has 1 saturated heterocycles. The van der Waals surface area contributed by atoms with Gasteiger partial charge in [-0.05, 0) is 55.7 Å². The van der Waals surface area contributed by atoms with Crippen molar-refractivity contribution in [1.82, 2.24) is 9.62 Å². The molecule has 166 valence electrons. The zero-order valence-electron chi connectivity index (χ0n) is 17.5. The maximum absolute atomic E-state index is 14.3. The number of benzene rings is 2. The van der Waals surface area contributed by atoms with Gasteiger partial charge in [0.1, 0.15) is 10.7 Å². The summed E-state index contributed by atoms with van der Waals surface area (Å²) in [5, 5.41) is 5.54. The minimum atomic E-state index is -3.98. The lowest BCUT2D eigenvalue weighted by Gasteiger charge is -2.18. The summed E-state index contributed by atoms with van der Waals surface area (Å²) < 4.78 is 41.0. The largest absolute Gasteiger partial charge is 0.346 e. The van der Waals surface area contributed by atoms with Crippen molar-refractivity contribution in [3.63, 3.8) is 0 Å². The molecule has 2 N–H and O–H groups in total. The highest BCUT2D eigenvalue weighted by molar-refractivity contribution is 7.89. The van der Waals surface area contributed by atoms with E-state index in [1.54, 1.807) is 38.1 Å². The van der Waals surface area contributed by atoms with Gasteiger partial charge in [0.2, 0.25) is 15.9 Å². The minimum absolute atomic E-state index is 0.0675. The summed E-state index contributed by atoms with van der Waals surface area (Å²) in [6.07, 6.45) is 1.85. The smallest absolute Gasteiger partial charge is 0.251 e. The van der Waals surface area contributed by atoms with Crippen LogP contribution in [0.1, 0.15) is 55.1 Å². The van der Waals surface area contributed by atoms with Gasteiger partial charge >= 0.3 is 0 Å². The molecule has 1 atom stereocenters. The van der Waals surface area contributed by atoms with Crippen molar-refractivity contribution < 1.29 is 22.4 Å². The summed E-state index contributed by atoms with van der Waals surface area (Å²) in [5.74, 6) is -1.47. The lowest BCUT2D eigenvalue weighted by atomic mass is 10.1. The van der Waals surface area contributed by atoms with Crippen molar-refractivity contribution in [2.75, 3.05) is 18.4 Å². The fourth-order valence-corrected chi connectivity index (χ4v) is 4.99. The minimum Gasteiger partial charge on any atom is -0.346 e. The average Bonchev–Trinajstić information content (AvgIpc) is 3.30. The fourth-order valence-electron chi connectivity index (χ4n) is 3.38. The molecule has 9 heteroatoms. The van der Waals surface area contributed by atoms with Crippen LogP contribution in [0.2, 0.25) is 0 Å². The lowest BCUT2D eigenvalue weighted by molar-refractivity contribution is -0.115. The molecular formula is C22H26FN3O4S. The van der Waals surface area contributed by atoms with Gasteiger partial charge in [-0.1, -0.05) is 19.1 Å². The predicted molar refractivity (Wildman–Crippen MR) is 116 cm³/mol. The van der Waals surface area contributed by atoms with Crippen LogP contribution in [0.15, 0.2) is 47.4 Å². The third-order valence-corrected chi connectivity index (χ3v) is 7.15. The van der Waals surface area contributed by atoms with Crippen LogP contribution >= 0.6 is 0 Å². The molecule has 1 aliphatic rings. The highest BCUT2D eigenvalue weighted by Crippen LogP contribution is 2.25. The number of anilines is 1. The second-order valence-corrected chi connectivity index (χ2v) is 9.38. The number of carbonyl (C=O) groups is 2. The van der Waals surface area contributed by atoms with E-state index >= 15 is 0 Å². The van der Waals surface area contributed by atoms with E-state index in [1.807, 2.05) is 0 Å². The third-order valence-electron chi connectivity index (χ3n) is 5.24. The van der Waals surface area contributed by atoms with Gasteiger partial charge in [-0.3, -0.25) is 9.59 Å². The molecule has 31 heavy (non-hydrogen) atoms. The number of hydrogen-bond acceptors (Lipinski definition) is 4. The first-order chi connectivity index (χ1) is 14.7. The van der Waals surface area contributed by atoms with E-state index in [0.29, 0.717) is 25.2 Å². The molecule has 0 aliphatic carbocycles. The Hall–Kier alpha value is -2.78. The van der Waals surface area contributed by atoms with E-state index in [1.165, 1.54) is 10.4 Å². The Labute approximate surface area is 181 Å². The van der Waals surface area contributed by atoms with Crippen molar-refractivity contribution in [3.8, 4) is 0 Å². The Bertz CT molecular complexity index is 1060. The normalized spacial score (nSPS) is 15.5. The summed E-state index contributed by atoms with van der Waals surface area (Å²) in [6.45, 7) is 4.25. The lowest BCUT2D eigenvalue weighted by Crippen LogP contribution is -2.30.